The van der Waals surface area contributed by atoms with Crippen molar-refractivity contribution in [2.45, 2.75) is 76.9 Å². The van der Waals surface area contributed by atoms with Crippen molar-refractivity contribution in [3.8, 4) is 11.1 Å². The number of amides is 2. The third-order valence-electron chi connectivity index (χ3n) is 9.58. The fourth-order valence-corrected chi connectivity index (χ4v) is 7.68. The molecule has 3 aliphatic rings. The Kier molecular flexibility index (Phi) is 8.78. The number of carbonyl (C=O) groups is 2. The molecule has 1 saturated heterocycles. The number of aryl methyl sites for hydroxylation is 1. The van der Waals surface area contributed by atoms with Crippen LogP contribution in [0.3, 0.4) is 0 Å². The quantitative estimate of drug-likeness (QED) is 0.286. The normalized spacial score (nSPS) is 25.0. The van der Waals surface area contributed by atoms with Crippen LogP contribution in [0.2, 0.25) is 0 Å². The van der Waals surface area contributed by atoms with Crippen molar-refractivity contribution >= 4 is 38.5 Å². The maximum Gasteiger partial charge on any atom is 0.255 e. The molecule has 240 valence electrons. The highest BCUT2D eigenvalue weighted by molar-refractivity contribution is 7.22. The number of rotatable bonds is 8. The zero-order chi connectivity index (χ0) is 31.8. The van der Waals surface area contributed by atoms with Crippen LogP contribution >= 0.6 is 11.3 Å². The second-order valence-electron chi connectivity index (χ2n) is 12.8. The number of hydrogen-bond donors (Lipinski definition) is 2. The SMILES string of the molecule is Cc1ccc(C(=O)N2CCN(C3CC(C(=O)Nc4nc5ccc(-c6cnc(CO[C@H]7CCC[C@@H]7O)nc6)cc5s4)C3)[C@@H](C)C2)cn1. The van der Waals surface area contributed by atoms with E-state index in [0.717, 1.165) is 65.7 Å². The summed E-state index contributed by atoms with van der Waals surface area (Å²) >= 11 is 1.46. The minimum Gasteiger partial charge on any atom is -0.390 e. The molecule has 0 spiro atoms. The summed E-state index contributed by atoms with van der Waals surface area (Å²) in [6.07, 6.45) is 8.95. The summed E-state index contributed by atoms with van der Waals surface area (Å²) in [4.78, 5) is 48.3. The fraction of sp³-hybridized carbons (Fsp3) is 0.471. The average Bonchev–Trinajstić information content (AvgIpc) is 3.64. The van der Waals surface area contributed by atoms with E-state index in [2.05, 4.69) is 37.1 Å². The highest BCUT2D eigenvalue weighted by atomic mass is 32.1. The Labute approximate surface area is 272 Å². The fourth-order valence-electron chi connectivity index (χ4n) is 6.77. The molecule has 1 aliphatic heterocycles. The summed E-state index contributed by atoms with van der Waals surface area (Å²) in [5.74, 6) is 0.587. The Hall–Kier alpha value is -3.84. The van der Waals surface area contributed by atoms with E-state index < -0.39 is 6.10 Å². The Morgan fingerprint density at radius 1 is 1.04 bits per heavy atom. The van der Waals surface area contributed by atoms with Crippen LogP contribution in [0.1, 0.15) is 60.9 Å². The van der Waals surface area contributed by atoms with Gasteiger partial charge in [-0.3, -0.25) is 19.5 Å². The summed E-state index contributed by atoms with van der Waals surface area (Å²) < 4.78 is 6.78. The lowest BCUT2D eigenvalue weighted by molar-refractivity contribution is -0.125. The minimum absolute atomic E-state index is 0.0141. The molecule has 2 aliphatic carbocycles. The molecule has 46 heavy (non-hydrogen) atoms. The Morgan fingerprint density at radius 2 is 1.87 bits per heavy atom. The Morgan fingerprint density at radius 3 is 2.59 bits per heavy atom. The van der Waals surface area contributed by atoms with Gasteiger partial charge in [-0.05, 0) is 75.8 Å². The summed E-state index contributed by atoms with van der Waals surface area (Å²) in [5.41, 5.74) is 4.22. The van der Waals surface area contributed by atoms with Gasteiger partial charge in [0.1, 0.15) is 6.61 Å². The number of ether oxygens (including phenoxy) is 1. The van der Waals surface area contributed by atoms with Gasteiger partial charge in [-0.2, -0.15) is 0 Å². The minimum atomic E-state index is -0.399. The molecule has 3 fully saturated rings. The van der Waals surface area contributed by atoms with Gasteiger partial charge in [0.15, 0.2) is 11.0 Å². The van der Waals surface area contributed by atoms with Crippen molar-refractivity contribution < 1.29 is 19.4 Å². The summed E-state index contributed by atoms with van der Waals surface area (Å²) in [6.45, 7) is 6.50. The van der Waals surface area contributed by atoms with Gasteiger partial charge >= 0.3 is 0 Å². The second kappa shape index (κ2) is 13.1. The Bertz CT molecular complexity index is 1710. The number of nitrogens with one attached hydrogen (secondary N) is 1. The van der Waals surface area contributed by atoms with Crippen LogP contribution in [-0.2, 0) is 16.1 Å². The molecule has 12 heteroatoms. The molecule has 2 N–H and O–H groups in total. The van der Waals surface area contributed by atoms with Gasteiger partial charge in [0.05, 0.1) is 28.0 Å². The molecule has 3 aromatic heterocycles. The van der Waals surface area contributed by atoms with Gasteiger partial charge in [0.25, 0.3) is 5.91 Å². The number of nitrogens with zero attached hydrogens (tertiary/aromatic N) is 6. The van der Waals surface area contributed by atoms with Crippen molar-refractivity contribution in [1.29, 1.82) is 0 Å². The maximum atomic E-state index is 13.1. The molecule has 0 bridgehead atoms. The predicted molar refractivity (Wildman–Crippen MR) is 175 cm³/mol. The van der Waals surface area contributed by atoms with E-state index in [1.807, 2.05) is 42.2 Å². The van der Waals surface area contributed by atoms with Crippen LogP contribution in [0, 0.1) is 12.8 Å². The maximum absolute atomic E-state index is 13.1. The number of fused-ring (bicyclic) bond motifs is 1. The smallest absolute Gasteiger partial charge is 0.255 e. The standard InChI is InChI=1S/C34H39N7O4S/c1-20-6-7-23(15-35-20)33(44)40-10-11-41(21(2)18-40)26-12-24(13-26)32(43)39-34-38-27-9-8-22(14-30(27)46-34)25-16-36-31(37-17-25)19-45-29-5-3-4-28(29)42/h6-9,14-17,21,24,26,28-29,42H,3-5,10-13,18-19H2,1-2H3,(H,38,39,43)/t21-,24?,26?,28-,29-/m0/s1. The van der Waals surface area contributed by atoms with Crippen LogP contribution in [0.5, 0.6) is 0 Å². The molecular weight excluding hydrogens is 602 g/mol. The first-order chi connectivity index (χ1) is 22.3. The average molecular weight is 642 g/mol. The van der Waals surface area contributed by atoms with Crippen LogP contribution in [-0.4, -0.2) is 90.6 Å². The number of aliphatic hydroxyl groups excluding tert-OH is 1. The van der Waals surface area contributed by atoms with Gasteiger partial charge < -0.3 is 20.1 Å². The highest BCUT2D eigenvalue weighted by Gasteiger charge is 2.41. The van der Waals surface area contributed by atoms with E-state index in [-0.39, 0.29) is 36.5 Å². The molecule has 2 amide bonds. The topological polar surface area (TPSA) is 134 Å². The number of pyridine rings is 1. The number of hydrogen-bond acceptors (Lipinski definition) is 10. The van der Waals surface area contributed by atoms with Crippen LogP contribution in [0.4, 0.5) is 5.13 Å². The largest absolute Gasteiger partial charge is 0.390 e. The van der Waals surface area contributed by atoms with Crippen LogP contribution in [0.15, 0.2) is 48.9 Å². The molecule has 11 nitrogen and oxygen atoms in total. The monoisotopic (exact) mass is 641 g/mol. The molecular formula is C34H39N7O4S. The van der Waals surface area contributed by atoms with E-state index >= 15 is 0 Å². The van der Waals surface area contributed by atoms with E-state index in [9.17, 15) is 14.7 Å². The molecule has 4 aromatic rings. The van der Waals surface area contributed by atoms with Crippen molar-refractivity contribution in [2.24, 2.45) is 5.92 Å². The van der Waals surface area contributed by atoms with E-state index in [4.69, 9.17) is 4.74 Å². The number of aromatic nitrogens is 4. The zero-order valence-corrected chi connectivity index (χ0v) is 26.9. The van der Waals surface area contributed by atoms with Gasteiger partial charge in [0.2, 0.25) is 5.91 Å². The van der Waals surface area contributed by atoms with Crippen LogP contribution < -0.4 is 5.32 Å². The summed E-state index contributed by atoms with van der Waals surface area (Å²) in [7, 11) is 0. The lowest BCUT2D eigenvalue weighted by Gasteiger charge is -2.49. The second-order valence-corrected chi connectivity index (χ2v) is 13.8. The van der Waals surface area contributed by atoms with Gasteiger partial charge in [-0.1, -0.05) is 17.4 Å². The predicted octanol–water partition coefficient (Wildman–Crippen LogP) is 4.45. The van der Waals surface area contributed by atoms with Crippen molar-refractivity contribution in [3.63, 3.8) is 0 Å². The molecule has 0 radical (unpaired) electrons. The Balaban J connectivity index is 0.900. The highest BCUT2D eigenvalue weighted by Crippen LogP contribution is 2.36. The molecule has 4 heterocycles. The number of thiazole rings is 1. The first-order valence-electron chi connectivity index (χ1n) is 16.1. The zero-order valence-electron chi connectivity index (χ0n) is 26.1. The van der Waals surface area contributed by atoms with Crippen molar-refractivity contribution in [3.05, 3.63) is 66.0 Å². The number of aliphatic hydroxyl groups is 1. The lowest BCUT2D eigenvalue weighted by Crippen LogP contribution is -2.60. The van der Waals surface area contributed by atoms with E-state index in [0.29, 0.717) is 35.7 Å². The third-order valence-corrected chi connectivity index (χ3v) is 10.5. The lowest BCUT2D eigenvalue weighted by atomic mass is 9.78. The van der Waals surface area contributed by atoms with Gasteiger partial charge in [-0.15, -0.1) is 0 Å². The molecule has 2 saturated carbocycles. The van der Waals surface area contributed by atoms with Crippen molar-refractivity contribution in [1.82, 2.24) is 29.7 Å². The van der Waals surface area contributed by atoms with E-state index in [1.54, 1.807) is 18.6 Å². The number of carbonyl (C=O) groups excluding carboxylic acids is 2. The first kappa shape index (κ1) is 30.8. The van der Waals surface area contributed by atoms with Gasteiger partial charge in [0, 0.05) is 67.5 Å². The summed E-state index contributed by atoms with van der Waals surface area (Å²) in [5, 5.41) is 13.6. The third kappa shape index (κ3) is 6.52. The first-order valence-corrected chi connectivity index (χ1v) is 16.9. The molecule has 7 rings (SSSR count). The van der Waals surface area contributed by atoms with Gasteiger partial charge in [-0.25, -0.2) is 15.0 Å². The van der Waals surface area contributed by atoms with E-state index in [1.165, 1.54) is 11.3 Å². The molecule has 3 atom stereocenters. The number of piperazine rings is 1. The number of anilines is 1. The molecule has 1 aromatic carbocycles. The van der Waals surface area contributed by atoms with Crippen molar-refractivity contribution in [2.75, 3.05) is 25.0 Å². The van der Waals surface area contributed by atoms with Crippen LogP contribution in [0.25, 0.3) is 21.3 Å². The molecule has 0 unspecified atom stereocenters. The summed E-state index contributed by atoms with van der Waals surface area (Å²) in [6, 6.07) is 10.3. The number of benzene rings is 1.